The number of rotatable bonds is 1. The van der Waals surface area contributed by atoms with Crippen LogP contribution in [-0.4, -0.2) is 44.8 Å². The van der Waals surface area contributed by atoms with Crippen LogP contribution in [0.15, 0.2) is 0 Å². The van der Waals surface area contributed by atoms with E-state index in [0.29, 0.717) is 18.3 Å². The Balaban J connectivity index is 2.00. The number of hydrogen-bond acceptors (Lipinski definition) is 4. The van der Waals surface area contributed by atoms with Gasteiger partial charge < -0.3 is 20.4 Å². The molecule has 110 valence electrons. The van der Waals surface area contributed by atoms with E-state index >= 15 is 0 Å². The molecule has 9 unspecified atom stereocenters. The lowest BCUT2D eigenvalue weighted by atomic mass is 9.73. The van der Waals surface area contributed by atoms with Crippen LogP contribution in [0.1, 0.15) is 33.6 Å². The van der Waals surface area contributed by atoms with Crippen molar-refractivity contribution in [3.8, 4) is 0 Å². The molecular formula is C15H26O4. The second kappa shape index (κ2) is 3.94. The third-order valence-corrected chi connectivity index (χ3v) is 6.65. The van der Waals surface area contributed by atoms with Crippen LogP contribution >= 0.6 is 0 Å². The quantitative estimate of drug-likeness (QED) is 0.555. The summed E-state index contributed by atoms with van der Waals surface area (Å²) in [6.07, 6.45) is -0.0698. The van der Waals surface area contributed by atoms with E-state index in [1.807, 2.05) is 6.92 Å². The van der Waals surface area contributed by atoms with Gasteiger partial charge >= 0.3 is 0 Å². The summed E-state index contributed by atoms with van der Waals surface area (Å²) in [6.45, 7) is 6.02. The van der Waals surface area contributed by atoms with Gasteiger partial charge in [0.05, 0.1) is 17.8 Å². The summed E-state index contributed by atoms with van der Waals surface area (Å²) in [5.74, 6) is 0.535. The van der Waals surface area contributed by atoms with Crippen LogP contribution in [0.25, 0.3) is 0 Å². The molecule has 0 saturated heterocycles. The minimum absolute atomic E-state index is 0.0227. The Morgan fingerprint density at radius 2 is 1.74 bits per heavy atom. The second-order valence-electron chi connectivity index (χ2n) is 7.64. The van der Waals surface area contributed by atoms with Crippen molar-refractivity contribution in [1.29, 1.82) is 0 Å². The molecule has 19 heavy (non-hydrogen) atoms. The molecule has 0 aromatic heterocycles. The van der Waals surface area contributed by atoms with Crippen molar-refractivity contribution in [3.63, 3.8) is 0 Å². The van der Waals surface area contributed by atoms with Gasteiger partial charge in [0.25, 0.3) is 0 Å². The van der Waals surface area contributed by atoms with Crippen LogP contribution < -0.4 is 0 Å². The molecule has 3 aliphatic rings. The monoisotopic (exact) mass is 270 g/mol. The zero-order valence-corrected chi connectivity index (χ0v) is 12.0. The molecule has 9 atom stereocenters. The van der Waals surface area contributed by atoms with Gasteiger partial charge in [-0.15, -0.1) is 0 Å². The molecule has 4 N–H and O–H groups in total. The number of aliphatic hydroxyl groups is 4. The molecule has 0 aromatic rings. The average molecular weight is 270 g/mol. The standard InChI is InChI=1S/C15H26O4/c1-7-9-10-8(14(10,2)6-16)4-5-15(3,19)11(9)13(18)12(7)17/h7-13,16-19H,4-6H2,1-3H3. The topological polar surface area (TPSA) is 80.9 Å². The Kier molecular flexibility index (Phi) is 2.86. The van der Waals surface area contributed by atoms with Gasteiger partial charge in [0.1, 0.15) is 0 Å². The van der Waals surface area contributed by atoms with E-state index < -0.39 is 17.8 Å². The van der Waals surface area contributed by atoms with Crippen molar-refractivity contribution in [2.45, 2.75) is 51.4 Å². The summed E-state index contributed by atoms with van der Waals surface area (Å²) in [5.41, 5.74) is -1.00. The molecule has 4 heteroatoms. The summed E-state index contributed by atoms with van der Waals surface area (Å²) in [5, 5.41) is 40.9. The zero-order valence-electron chi connectivity index (χ0n) is 12.0. The largest absolute Gasteiger partial charge is 0.396 e. The van der Waals surface area contributed by atoms with Crippen LogP contribution in [0.4, 0.5) is 0 Å². The normalized spacial score (nSPS) is 64.3. The van der Waals surface area contributed by atoms with Crippen molar-refractivity contribution < 1.29 is 20.4 Å². The smallest absolute Gasteiger partial charge is 0.0860 e. The molecule has 4 nitrogen and oxygen atoms in total. The van der Waals surface area contributed by atoms with Gasteiger partial charge in [-0.25, -0.2) is 0 Å². The molecule has 0 bridgehead atoms. The van der Waals surface area contributed by atoms with Crippen molar-refractivity contribution in [2.24, 2.45) is 35.0 Å². The first-order valence-electron chi connectivity index (χ1n) is 7.45. The van der Waals surface area contributed by atoms with E-state index in [1.165, 1.54) is 0 Å². The Morgan fingerprint density at radius 1 is 1.11 bits per heavy atom. The van der Waals surface area contributed by atoms with Crippen molar-refractivity contribution in [3.05, 3.63) is 0 Å². The van der Waals surface area contributed by atoms with Crippen LogP contribution in [-0.2, 0) is 0 Å². The van der Waals surface area contributed by atoms with E-state index in [9.17, 15) is 20.4 Å². The van der Waals surface area contributed by atoms with Gasteiger partial charge in [-0.05, 0) is 48.9 Å². The third kappa shape index (κ3) is 1.60. The predicted molar refractivity (Wildman–Crippen MR) is 70.2 cm³/mol. The van der Waals surface area contributed by atoms with Gasteiger partial charge in [-0.3, -0.25) is 0 Å². The lowest BCUT2D eigenvalue weighted by molar-refractivity contribution is -0.0865. The molecule has 0 spiro atoms. The molecular weight excluding hydrogens is 244 g/mol. The van der Waals surface area contributed by atoms with Gasteiger partial charge in [0.2, 0.25) is 0 Å². The first-order valence-corrected chi connectivity index (χ1v) is 7.45. The van der Waals surface area contributed by atoms with E-state index in [2.05, 4.69) is 6.92 Å². The first-order chi connectivity index (χ1) is 8.75. The minimum Gasteiger partial charge on any atom is -0.396 e. The second-order valence-corrected chi connectivity index (χ2v) is 7.64. The Hall–Kier alpha value is -0.160. The molecule has 0 aromatic carbocycles. The maximum absolute atomic E-state index is 10.7. The lowest BCUT2D eigenvalue weighted by Crippen LogP contribution is -2.44. The Bertz CT molecular complexity index is 382. The molecule has 0 radical (unpaired) electrons. The van der Waals surface area contributed by atoms with Gasteiger partial charge in [0, 0.05) is 12.5 Å². The van der Waals surface area contributed by atoms with Gasteiger partial charge in [-0.2, -0.15) is 0 Å². The molecule has 3 rings (SSSR count). The molecule has 3 saturated carbocycles. The first kappa shape index (κ1) is 13.8. The van der Waals surface area contributed by atoms with Crippen molar-refractivity contribution in [1.82, 2.24) is 0 Å². The average Bonchev–Trinajstić information content (AvgIpc) is 2.91. The summed E-state index contributed by atoms with van der Waals surface area (Å²) < 4.78 is 0. The highest BCUT2D eigenvalue weighted by molar-refractivity contribution is 5.19. The van der Waals surface area contributed by atoms with E-state index in [-0.39, 0.29) is 29.8 Å². The Morgan fingerprint density at radius 3 is 2.32 bits per heavy atom. The Labute approximate surface area is 114 Å². The van der Waals surface area contributed by atoms with E-state index in [4.69, 9.17) is 0 Å². The summed E-state index contributed by atoms with van der Waals surface area (Å²) in [6, 6.07) is 0. The highest BCUT2D eigenvalue weighted by atomic mass is 16.3. The molecule has 0 aliphatic heterocycles. The van der Waals surface area contributed by atoms with Crippen molar-refractivity contribution in [2.75, 3.05) is 6.61 Å². The molecule has 0 amide bonds. The van der Waals surface area contributed by atoms with E-state index in [0.717, 1.165) is 6.42 Å². The van der Waals surface area contributed by atoms with Crippen LogP contribution in [0, 0.1) is 35.0 Å². The third-order valence-electron chi connectivity index (χ3n) is 6.65. The van der Waals surface area contributed by atoms with Crippen molar-refractivity contribution >= 4 is 0 Å². The van der Waals surface area contributed by atoms with Gasteiger partial charge in [-0.1, -0.05) is 13.8 Å². The summed E-state index contributed by atoms with van der Waals surface area (Å²) in [4.78, 5) is 0. The maximum atomic E-state index is 10.7. The van der Waals surface area contributed by atoms with Gasteiger partial charge in [0.15, 0.2) is 0 Å². The fourth-order valence-electron chi connectivity index (χ4n) is 5.39. The molecule has 0 heterocycles. The van der Waals surface area contributed by atoms with Crippen LogP contribution in [0.3, 0.4) is 0 Å². The fraction of sp³-hybridized carbons (Fsp3) is 1.00. The highest BCUT2D eigenvalue weighted by Gasteiger charge is 2.71. The lowest BCUT2D eigenvalue weighted by Gasteiger charge is -2.36. The number of aliphatic hydroxyl groups excluding tert-OH is 3. The van der Waals surface area contributed by atoms with Crippen LogP contribution in [0.2, 0.25) is 0 Å². The fourth-order valence-corrected chi connectivity index (χ4v) is 5.39. The maximum Gasteiger partial charge on any atom is 0.0860 e. The predicted octanol–water partition coefficient (Wildman–Crippen LogP) is 0.380. The zero-order chi connectivity index (χ0) is 14.2. The summed E-state index contributed by atoms with van der Waals surface area (Å²) in [7, 11) is 0. The highest BCUT2D eigenvalue weighted by Crippen LogP contribution is 2.71. The molecule has 3 fully saturated rings. The SMILES string of the molecule is CC1C(O)C(O)C2C1C1C(CCC2(C)O)C1(C)CO. The van der Waals surface area contributed by atoms with Crippen LogP contribution in [0.5, 0.6) is 0 Å². The number of fused-ring (bicyclic) bond motifs is 3. The minimum atomic E-state index is -0.917. The van der Waals surface area contributed by atoms with E-state index in [1.54, 1.807) is 6.92 Å². The molecule has 3 aliphatic carbocycles. The number of hydrogen-bond donors (Lipinski definition) is 4. The summed E-state index contributed by atoms with van der Waals surface area (Å²) >= 11 is 0.